The minimum Gasteiger partial charge on any atom is -0.497 e. The number of nitrogens with zero attached hydrogens (tertiary/aromatic N) is 1. The first-order valence-electron chi connectivity index (χ1n) is 5.82. The zero-order chi connectivity index (χ0) is 14.1. The molecule has 0 aliphatic rings. The van der Waals surface area contributed by atoms with Crippen molar-refractivity contribution in [2.75, 3.05) is 12.4 Å². The molecule has 0 aliphatic heterocycles. The Hall–Kier alpha value is -1.49. The van der Waals surface area contributed by atoms with Crippen LogP contribution >= 0.6 is 34.5 Å². The number of hydrogen-bond acceptors (Lipinski definition) is 4. The summed E-state index contributed by atoms with van der Waals surface area (Å²) < 4.78 is 6.28. The summed E-state index contributed by atoms with van der Waals surface area (Å²) in [4.78, 5) is 4.52. The standard InChI is InChI=1S/C14H10Cl2N2OS/c1-19-11-2-3-13-12(7-11)18-14(20-13)17-10-5-8(15)4-9(16)6-10/h2-7H,1H3,(H,17,18). The zero-order valence-corrected chi connectivity index (χ0v) is 12.8. The van der Waals surface area contributed by atoms with Gasteiger partial charge in [0.15, 0.2) is 5.13 Å². The lowest BCUT2D eigenvalue weighted by atomic mass is 10.3. The predicted octanol–water partition coefficient (Wildman–Crippen LogP) is 5.36. The third kappa shape index (κ3) is 2.82. The number of aromatic nitrogens is 1. The van der Waals surface area contributed by atoms with E-state index in [4.69, 9.17) is 27.9 Å². The van der Waals surface area contributed by atoms with Crippen LogP contribution < -0.4 is 10.1 Å². The fourth-order valence-corrected chi connectivity index (χ4v) is 3.23. The van der Waals surface area contributed by atoms with Crippen molar-refractivity contribution in [3.8, 4) is 5.75 Å². The molecule has 0 fully saturated rings. The second kappa shape index (κ2) is 5.48. The summed E-state index contributed by atoms with van der Waals surface area (Å²) in [5.41, 5.74) is 1.71. The SMILES string of the molecule is COc1ccc2sc(Nc3cc(Cl)cc(Cl)c3)nc2c1. The summed E-state index contributed by atoms with van der Waals surface area (Å²) in [5.74, 6) is 0.792. The number of rotatable bonds is 3. The monoisotopic (exact) mass is 324 g/mol. The highest BCUT2D eigenvalue weighted by Crippen LogP contribution is 2.32. The highest BCUT2D eigenvalue weighted by Gasteiger charge is 2.06. The average Bonchev–Trinajstić information content (AvgIpc) is 2.78. The molecule has 20 heavy (non-hydrogen) atoms. The Morgan fingerprint density at radius 1 is 1.10 bits per heavy atom. The van der Waals surface area contributed by atoms with Gasteiger partial charge in [0, 0.05) is 21.8 Å². The van der Waals surface area contributed by atoms with Crippen molar-refractivity contribution in [2.45, 2.75) is 0 Å². The van der Waals surface area contributed by atoms with Crippen LogP contribution in [0.5, 0.6) is 5.75 Å². The second-order valence-corrected chi connectivity index (χ2v) is 6.04. The summed E-state index contributed by atoms with van der Waals surface area (Å²) in [5, 5.41) is 5.17. The lowest BCUT2D eigenvalue weighted by Gasteiger charge is -2.03. The van der Waals surface area contributed by atoms with Gasteiger partial charge in [-0.1, -0.05) is 34.5 Å². The van der Waals surface area contributed by atoms with E-state index in [9.17, 15) is 0 Å². The van der Waals surface area contributed by atoms with Crippen molar-refractivity contribution in [1.82, 2.24) is 4.98 Å². The number of fused-ring (bicyclic) bond motifs is 1. The van der Waals surface area contributed by atoms with Crippen LogP contribution in [0.3, 0.4) is 0 Å². The Bertz CT molecular complexity index is 753. The number of hydrogen-bond donors (Lipinski definition) is 1. The third-order valence-electron chi connectivity index (χ3n) is 2.71. The van der Waals surface area contributed by atoms with E-state index < -0.39 is 0 Å². The number of anilines is 2. The summed E-state index contributed by atoms with van der Waals surface area (Å²) in [6, 6.07) is 11.1. The zero-order valence-electron chi connectivity index (χ0n) is 10.5. The van der Waals surface area contributed by atoms with E-state index in [0.29, 0.717) is 10.0 Å². The van der Waals surface area contributed by atoms with Gasteiger partial charge in [0.1, 0.15) is 5.75 Å². The largest absolute Gasteiger partial charge is 0.497 e. The number of methoxy groups -OCH3 is 1. The van der Waals surface area contributed by atoms with Gasteiger partial charge in [-0.25, -0.2) is 4.98 Å². The van der Waals surface area contributed by atoms with Crippen molar-refractivity contribution >= 4 is 55.6 Å². The Morgan fingerprint density at radius 3 is 2.55 bits per heavy atom. The van der Waals surface area contributed by atoms with E-state index in [1.54, 1.807) is 36.6 Å². The molecule has 102 valence electrons. The maximum absolute atomic E-state index is 5.98. The van der Waals surface area contributed by atoms with Crippen LogP contribution in [-0.4, -0.2) is 12.1 Å². The molecule has 6 heteroatoms. The van der Waals surface area contributed by atoms with Gasteiger partial charge in [-0.05, 0) is 30.3 Å². The van der Waals surface area contributed by atoms with E-state index in [1.807, 2.05) is 18.2 Å². The smallest absolute Gasteiger partial charge is 0.188 e. The molecule has 0 spiro atoms. The van der Waals surface area contributed by atoms with Crippen LogP contribution in [0.4, 0.5) is 10.8 Å². The van der Waals surface area contributed by atoms with Crippen molar-refractivity contribution in [2.24, 2.45) is 0 Å². The number of nitrogens with one attached hydrogen (secondary N) is 1. The predicted molar refractivity (Wildman–Crippen MR) is 85.9 cm³/mol. The number of thiazole rings is 1. The molecule has 0 unspecified atom stereocenters. The molecular weight excluding hydrogens is 315 g/mol. The fraction of sp³-hybridized carbons (Fsp3) is 0.0714. The van der Waals surface area contributed by atoms with Gasteiger partial charge in [0.25, 0.3) is 0 Å². The van der Waals surface area contributed by atoms with Gasteiger partial charge in [-0.2, -0.15) is 0 Å². The van der Waals surface area contributed by atoms with E-state index >= 15 is 0 Å². The molecule has 0 aliphatic carbocycles. The van der Waals surface area contributed by atoms with Gasteiger partial charge < -0.3 is 10.1 Å². The average molecular weight is 325 g/mol. The van der Waals surface area contributed by atoms with Gasteiger partial charge in [-0.3, -0.25) is 0 Å². The number of ether oxygens (including phenoxy) is 1. The maximum Gasteiger partial charge on any atom is 0.188 e. The van der Waals surface area contributed by atoms with Gasteiger partial charge in [-0.15, -0.1) is 0 Å². The molecule has 0 saturated carbocycles. The van der Waals surface area contributed by atoms with Crippen molar-refractivity contribution < 1.29 is 4.74 Å². The molecule has 3 aromatic rings. The molecule has 1 aromatic heterocycles. The van der Waals surface area contributed by atoms with E-state index in [0.717, 1.165) is 26.8 Å². The minimum atomic E-state index is 0.586. The molecule has 0 bridgehead atoms. The molecule has 3 nitrogen and oxygen atoms in total. The fourth-order valence-electron chi connectivity index (χ4n) is 1.84. The molecule has 0 atom stereocenters. The first-order chi connectivity index (χ1) is 9.64. The summed E-state index contributed by atoms with van der Waals surface area (Å²) in [7, 11) is 1.64. The van der Waals surface area contributed by atoms with E-state index in [-0.39, 0.29) is 0 Å². The number of benzene rings is 2. The molecule has 0 saturated heterocycles. The Morgan fingerprint density at radius 2 is 1.85 bits per heavy atom. The highest BCUT2D eigenvalue weighted by molar-refractivity contribution is 7.22. The third-order valence-corrected chi connectivity index (χ3v) is 4.10. The lowest BCUT2D eigenvalue weighted by Crippen LogP contribution is -1.89. The summed E-state index contributed by atoms with van der Waals surface area (Å²) in [6.07, 6.45) is 0. The van der Waals surface area contributed by atoms with E-state index in [1.165, 1.54) is 0 Å². The Balaban J connectivity index is 1.94. The maximum atomic E-state index is 5.98. The van der Waals surface area contributed by atoms with E-state index in [2.05, 4.69) is 10.3 Å². The van der Waals surface area contributed by atoms with Gasteiger partial charge in [0.2, 0.25) is 0 Å². The van der Waals surface area contributed by atoms with Crippen LogP contribution in [0.1, 0.15) is 0 Å². The first-order valence-corrected chi connectivity index (χ1v) is 7.39. The first kappa shape index (κ1) is 13.5. The van der Waals surface area contributed by atoms with Gasteiger partial charge in [0.05, 0.1) is 17.3 Å². The molecular formula is C14H10Cl2N2OS. The number of halogens is 2. The van der Waals surface area contributed by atoms with Crippen LogP contribution in [-0.2, 0) is 0 Å². The summed E-state index contributed by atoms with van der Waals surface area (Å²) >= 11 is 13.5. The molecule has 1 N–H and O–H groups in total. The Kier molecular flexibility index (Phi) is 3.70. The minimum absolute atomic E-state index is 0.586. The molecule has 2 aromatic carbocycles. The molecule has 0 amide bonds. The Labute approximate surface area is 130 Å². The van der Waals surface area contributed by atoms with Crippen LogP contribution in [0.15, 0.2) is 36.4 Å². The molecule has 3 rings (SSSR count). The van der Waals surface area contributed by atoms with Gasteiger partial charge >= 0.3 is 0 Å². The van der Waals surface area contributed by atoms with Crippen LogP contribution in [0.25, 0.3) is 10.2 Å². The lowest BCUT2D eigenvalue weighted by molar-refractivity contribution is 0.415. The van der Waals surface area contributed by atoms with Crippen LogP contribution in [0.2, 0.25) is 10.0 Å². The van der Waals surface area contributed by atoms with Crippen LogP contribution in [0, 0.1) is 0 Å². The molecule has 0 radical (unpaired) electrons. The molecule has 1 heterocycles. The topological polar surface area (TPSA) is 34.1 Å². The normalized spacial score (nSPS) is 10.8. The quantitative estimate of drug-likeness (QED) is 0.704. The second-order valence-electron chi connectivity index (χ2n) is 4.14. The van der Waals surface area contributed by atoms with Crippen molar-refractivity contribution in [3.05, 3.63) is 46.4 Å². The van der Waals surface area contributed by atoms with Crippen molar-refractivity contribution in [3.63, 3.8) is 0 Å². The summed E-state index contributed by atoms with van der Waals surface area (Å²) in [6.45, 7) is 0. The highest BCUT2D eigenvalue weighted by atomic mass is 35.5. The van der Waals surface area contributed by atoms with Crippen molar-refractivity contribution in [1.29, 1.82) is 0 Å².